The molecule has 21 heavy (non-hydrogen) atoms. The molecule has 3 nitrogen and oxygen atoms in total. The minimum absolute atomic E-state index is 0.426. The van der Waals surface area contributed by atoms with Gasteiger partial charge in [-0.05, 0) is 36.8 Å². The molecule has 2 rings (SSSR count). The topological polar surface area (TPSA) is 55.1 Å². The summed E-state index contributed by atoms with van der Waals surface area (Å²) in [5, 5.41) is 3.72. The smallest absolute Gasteiger partial charge is 0.243 e. The van der Waals surface area contributed by atoms with E-state index in [-0.39, 0.29) is 0 Å². The van der Waals surface area contributed by atoms with Gasteiger partial charge in [0.05, 0.1) is 10.7 Å². The monoisotopic (exact) mass is 366 g/mol. The fraction of sp³-hybridized carbons (Fsp3) is 0.188. The van der Waals surface area contributed by atoms with Crippen molar-refractivity contribution in [1.29, 1.82) is 0 Å². The number of anilines is 1. The van der Waals surface area contributed by atoms with Crippen LogP contribution in [0.25, 0.3) is 0 Å². The van der Waals surface area contributed by atoms with E-state index < -0.39 is 11.4 Å². The summed E-state index contributed by atoms with van der Waals surface area (Å²) in [7, 11) is 0. The zero-order valence-corrected chi connectivity index (χ0v) is 13.9. The standard InChI is InChI=1S/C16H16BrClN2O/c1-16(15(19)21,10-11-6-8-12(17)9-7-11)20-14-5-3-2-4-13(14)18/h2-9,20H,10H2,1H3,(H2,19,21). The number of benzene rings is 2. The summed E-state index contributed by atoms with van der Waals surface area (Å²) in [6, 6.07) is 15.1. The lowest BCUT2D eigenvalue weighted by atomic mass is 9.91. The van der Waals surface area contributed by atoms with E-state index in [0.717, 1.165) is 10.0 Å². The Morgan fingerprint density at radius 2 is 1.86 bits per heavy atom. The Hall–Kier alpha value is -1.52. The van der Waals surface area contributed by atoms with Crippen LogP contribution in [0, 0.1) is 0 Å². The molecule has 0 radical (unpaired) electrons. The number of primary amides is 1. The van der Waals surface area contributed by atoms with Crippen LogP contribution >= 0.6 is 27.5 Å². The first-order valence-electron chi connectivity index (χ1n) is 6.48. The van der Waals surface area contributed by atoms with Crippen LogP contribution in [-0.2, 0) is 11.2 Å². The number of halogens is 2. The molecular weight excluding hydrogens is 352 g/mol. The van der Waals surface area contributed by atoms with Crippen molar-refractivity contribution in [3.8, 4) is 0 Å². The van der Waals surface area contributed by atoms with Crippen molar-refractivity contribution in [3.05, 3.63) is 63.6 Å². The van der Waals surface area contributed by atoms with E-state index in [1.807, 2.05) is 42.5 Å². The van der Waals surface area contributed by atoms with Crippen LogP contribution in [0.3, 0.4) is 0 Å². The lowest BCUT2D eigenvalue weighted by Gasteiger charge is -2.29. The number of para-hydroxylation sites is 1. The predicted molar refractivity (Wildman–Crippen MR) is 90.5 cm³/mol. The van der Waals surface area contributed by atoms with Crippen molar-refractivity contribution in [2.24, 2.45) is 5.73 Å². The van der Waals surface area contributed by atoms with Crippen molar-refractivity contribution in [3.63, 3.8) is 0 Å². The van der Waals surface area contributed by atoms with Crippen LogP contribution in [0.2, 0.25) is 5.02 Å². The fourth-order valence-electron chi connectivity index (χ4n) is 2.06. The van der Waals surface area contributed by atoms with E-state index in [1.54, 1.807) is 13.0 Å². The van der Waals surface area contributed by atoms with Gasteiger partial charge in [-0.3, -0.25) is 4.79 Å². The first kappa shape index (κ1) is 15.9. The second-order valence-electron chi connectivity index (χ2n) is 5.10. The highest BCUT2D eigenvalue weighted by atomic mass is 79.9. The number of amides is 1. The largest absolute Gasteiger partial charge is 0.370 e. The molecule has 0 bridgehead atoms. The first-order chi connectivity index (χ1) is 9.90. The first-order valence-corrected chi connectivity index (χ1v) is 7.65. The highest BCUT2D eigenvalue weighted by molar-refractivity contribution is 9.10. The molecule has 0 aromatic heterocycles. The lowest BCUT2D eigenvalue weighted by molar-refractivity contribution is -0.121. The van der Waals surface area contributed by atoms with Crippen molar-refractivity contribution in [2.75, 3.05) is 5.32 Å². The van der Waals surface area contributed by atoms with Gasteiger partial charge in [0.1, 0.15) is 5.54 Å². The molecule has 5 heteroatoms. The van der Waals surface area contributed by atoms with Crippen molar-refractivity contribution in [1.82, 2.24) is 0 Å². The number of rotatable bonds is 5. The Morgan fingerprint density at radius 3 is 2.43 bits per heavy atom. The van der Waals surface area contributed by atoms with Crippen molar-refractivity contribution in [2.45, 2.75) is 18.9 Å². The summed E-state index contributed by atoms with van der Waals surface area (Å²) in [6.07, 6.45) is 0.473. The van der Waals surface area contributed by atoms with E-state index in [4.69, 9.17) is 17.3 Å². The van der Waals surface area contributed by atoms with Gasteiger partial charge < -0.3 is 11.1 Å². The third kappa shape index (κ3) is 3.99. The third-order valence-electron chi connectivity index (χ3n) is 3.30. The summed E-state index contributed by atoms with van der Waals surface area (Å²) in [5.74, 6) is -0.426. The number of hydrogen-bond acceptors (Lipinski definition) is 2. The Kier molecular flexibility index (Phi) is 4.91. The summed E-state index contributed by atoms with van der Waals surface area (Å²) >= 11 is 9.53. The number of carbonyl (C=O) groups is 1. The molecule has 0 fully saturated rings. The van der Waals surface area contributed by atoms with E-state index >= 15 is 0 Å². The highest BCUT2D eigenvalue weighted by Crippen LogP contribution is 2.26. The Morgan fingerprint density at radius 1 is 1.24 bits per heavy atom. The lowest BCUT2D eigenvalue weighted by Crippen LogP contribution is -2.49. The third-order valence-corrected chi connectivity index (χ3v) is 4.16. The van der Waals surface area contributed by atoms with Gasteiger partial charge in [-0.2, -0.15) is 0 Å². The minimum Gasteiger partial charge on any atom is -0.370 e. The normalized spacial score (nSPS) is 13.5. The fourth-order valence-corrected chi connectivity index (χ4v) is 2.51. The van der Waals surface area contributed by atoms with Gasteiger partial charge in [-0.25, -0.2) is 0 Å². The highest BCUT2D eigenvalue weighted by Gasteiger charge is 2.31. The predicted octanol–water partition coefficient (Wildman–Crippen LogP) is 4.00. The van der Waals surface area contributed by atoms with Gasteiger partial charge >= 0.3 is 0 Å². The molecule has 0 spiro atoms. The van der Waals surface area contributed by atoms with Gasteiger partial charge in [0, 0.05) is 10.9 Å². The van der Waals surface area contributed by atoms with E-state index in [9.17, 15) is 4.79 Å². The Bertz CT molecular complexity index is 645. The maximum atomic E-state index is 11.9. The number of nitrogens with two attached hydrogens (primary N) is 1. The SMILES string of the molecule is CC(Cc1ccc(Br)cc1)(Nc1ccccc1Cl)C(N)=O. The molecule has 0 aliphatic rings. The van der Waals surface area contributed by atoms with Crippen LogP contribution in [0.1, 0.15) is 12.5 Å². The molecule has 0 aliphatic carbocycles. The molecule has 0 saturated heterocycles. The molecule has 0 saturated carbocycles. The van der Waals surface area contributed by atoms with Gasteiger partial charge in [0.2, 0.25) is 5.91 Å². The van der Waals surface area contributed by atoms with Crippen LogP contribution in [0.5, 0.6) is 0 Å². The molecule has 2 aromatic carbocycles. The number of carbonyl (C=O) groups excluding carboxylic acids is 1. The molecule has 1 atom stereocenters. The quantitative estimate of drug-likeness (QED) is 0.839. The molecule has 1 unspecified atom stereocenters. The molecule has 110 valence electrons. The average molecular weight is 368 g/mol. The molecule has 0 aliphatic heterocycles. The maximum Gasteiger partial charge on any atom is 0.243 e. The summed E-state index contributed by atoms with van der Waals surface area (Å²) in [5.41, 5.74) is 6.38. The Balaban J connectivity index is 2.26. The van der Waals surface area contributed by atoms with Crippen molar-refractivity contribution >= 4 is 39.1 Å². The van der Waals surface area contributed by atoms with E-state index in [2.05, 4.69) is 21.2 Å². The van der Waals surface area contributed by atoms with Gasteiger partial charge in [0.15, 0.2) is 0 Å². The zero-order valence-electron chi connectivity index (χ0n) is 11.6. The second kappa shape index (κ2) is 6.50. The van der Waals surface area contributed by atoms with Gasteiger partial charge in [-0.15, -0.1) is 0 Å². The number of hydrogen-bond donors (Lipinski definition) is 2. The zero-order chi connectivity index (χ0) is 15.5. The van der Waals surface area contributed by atoms with Crippen LogP contribution < -0.4 is 11.1 Å². The minimum atomic E-state index is -0.918. The second-order valence-corrected chi connectivity index (χ2v) is 6.43. The maximum absolute atomic E-state index is 11.9. The van der Waals surface area contributed by atoms with Crippen LogP contribution in [-0.4, -0.2) is 11.4 Å². The molecule has 0 heterocycles. The van der Waals surface area contributed by atoms with Gasteiger partial charge in [-0.1, -0.05) is 51.8 Å². The van der Waals surface area contributed by atoms with Gasteiger partial charge in [0.25, 0.3) is 0 Å². The van der Waals surface area contributed by atoms with Crippen LogP contribution in [0.4, 0.5) is 5.69 Å². The molecule has 3 N–H and O–H groups in total. The van der Waals surface area contributed by atoms with Crippen molar-refractivity contribution < 1.29 is 4.79 Å². The van der Waals surface area contributed by atoms with E-state index in [1.165, 1.54) is 0 Å². The molecular formula is C16H16BrClN2O. The van der Waals surface area contributed by atoms with E-state index in [0.29, 0.717) is 17.1 Å². The number of nitrogens with one attached hydrogen (secondary N) is 1. The summed E-state index contributed by atoms with van der Waals surface area (Å²) < 4.78 is 0.992. The average Bonchev–Trinajstić information content (AvgIpc) is 2.44. The summed E-state index contributed by atoms with van der Waals surface area (Å²) in [6.45, 7) is 1.78. The summed E-state index contributed by atoms with van der Waals surface area (Å²) in [4.78, 5) is 11.9. The molecule has 2 aromatic rings. The Labute approximate surface area is 137 Å². The molecule has 1 amide bonds. The van der Waals surface area contributed by atoms with Crippen LogP contribution in [0.15, 0.2) is 53.0 Å².